The van der Waals surface area contributed by atoms with Gasteiger partial charge in [-0.25, -0.2) is 0 Å². The number of amides is 1. The SMILES string of the molecule is CC/C=C/C=C/C=C\C=C/C=C/CCCC(=O)OC(CCCCCC/C=C\C/C=C\C/C=C\CCCCC)CC(=O)NC(CO)C(O)CCCCCCCCCCCCCCC. The van der Waals surface area contributed by atoms with Gasteiger partial charge in [-0.2, -0.15) is 0 Å². The average Bonchev–Trinajstić information content (AvgIpc) is 3.26. The minimum absolute atomic E-state index is 0.0287. The summed E-state index contributed by atoms with van der Waals surface area (Å²) >= 11 is 0. The molecular formula is C56H95NO5. The fourth-order valence-corrected chi connectivity index (χ4v) is 7.17. The predicted octanol–water partition coefficient (Wildman–Crippen LogP) is 15.3. The number of hydrogen-bond donors (Lipinski definition) is 3. The summed E-state index contributed by atoms with van der Waals surface area (Å²) < 4.78 is 5.88. The predicted molar refractivity (Wildman–Crippen MR) is 268 cm³/mol. The zero-order valence-corrected chi connectivity index (χ0v) is 40.2. The lowest BCUT2D eigenvalue weighted by atomic mass is 10.0. The topological polar surface area (TPSA) is 95.9 Å². The summed E-state index contributed by atoms with van der Waals surface area (Å²) in [5.41, 5.74) is 0. The lowest BCUT2D eigenvalue weighted by Crippen LogP contribution is -2.46. The van der Waals surface area contributed by atoms with Crippen LogP contribution in [0.15, 0.2) is 97.2 Å². The summed E-state index contributed by atoms with van der Waals surface area (Å²) in [6.07, 6.45) is 64.7. The van der Waals surface area contributed by atoms with Crippen LogP contribution in [-0.2, 0) is 14.3 Å². The number of carbonyl (C=O) groups is 2. The van der Waals surface area contributed by atoms with Gasteiger partial charge >= 0.3 is 5.97 Å². The van der Waals surface area contributed by atoms with Crippen molar-refractivity contribution >= 4 is 11.9 Å². The van der Waals surface area contributed by atoms with Crippen LogP contribution < -0.4 is 5.32 Å². The second-order valence-electron chi connectivity index (χ2n) is 17.0. The van der Waals surface area contributed by atoms with Gasteiger partial charge in [0.1, 0.15) is 6.10 Å². The highest BCUT2D eigenvalue weighted by Gasteiger charge is 2.24. The van der Waals surface area contributed by atoms with Crippen molar-refractivity contribution in [2.24, 2.45) is 0 Å². The van der Waals surface area contributed by atoms with E-state index in [2.05, 4.69) is 68.6 Å². The Labute approximate surface area is 382 Å². The van der Waals surface area contributed by atoms with E-state index in [0.717, 1.165) is 77.0 Å². The van der Waals surface area contributed by atoms with E-state index in [9.17, 15) is 19.8 Å². The van der Waals surface area contributed by atoms with Crippen LogP contribution in [0.5, 0.6) is 0 Å². The van der Waals surface area contributed by atoms with Gasteiger partial charge in [-0.1, -0.05) is 227 Å². The number of aliphatic hydroxyl groups excluding tert-OH is 2. The Bertz CT molecular complexity index is 1240. The van der Waals surface area contributed by atoms with Crippen LogP contribution in [0, 0.1) is 0 Å². The van der Waals surface area contributed by atoms with E-state index in [-0.39, 0.29) is 31.3 Å². The molecule has 0 bridgehead atoms. The molecule has 0 saturated carbocycles. The van der Waals surface area contributed by atoms with Gasteiger partial charge < -0.3 is 20.3 Å². The number of hydrogen-bond acceptors (Lipinski definition) is 5. The number of unbranched alkanes of at least 4 members (excludes halogenated alkanes) is 20. The maximum atomic E-state index is 13.2. The fourth-order valence-electron chi connectivity index (χ4n) is 7.17. The first kappa shape index (κ1) is 58.8. The first-order valence-corrected chi connectivity index (χ1v) is 25.5. The molecular weight excluding hydrogens is 767 g/mol. The quantitative estimate of drug-likeness (QED) is 0.0245. The minimum Gasteiger partial charge on any atom is -0.462 e. The van der Waals surface area contributed by atoms with Crippen molar-refractivity contribution < 1.29 is 24.5 Å². The lowest BCUT2D eigenvalue weighted by molar-refractivity contribution is -0.151. The van der Waals surface area contributed by atoms with Crippen LogP contribution in [0.4, 0.5) is 0 Å². The number of allylic oxidation sites excluding steroid dienone is 16. The van der Waals surface area contributed by atoms with Gasteiger partial charge in [-0.3, -0.25) is 9.59 Å². The van der Waals surface area contributed by atoms with Crippen LogP contribution in [0.2, 0.25) is 0 Å². The van der Waals surface area contributed by atoms with Crippen molar-refractivity contribution in [1.29, 1.82) is 0 Å². The average molecular weight is 862 g/mol. The van der Waals surface area contributed by atoms with E-state index in [0.29, 0.717) is 19.3 Å². The van der Waals surface area contributed by atoms with Gasteiger partial charge in [0.25, 0.3) is 0 Å². The minimum atomic E-state index is -0.811. The number of carbonyl (C=O) groups excluding carboxylic acids is 2. The van der Waals surface area contributed by atoms with Crippen molar-refractivity contribution in [3.63, 3.8) is 0 Å². The maximum absolute atomic E-state index is 13.2. The Balaban J connectivity index is 4.76. The van der Waals surface area contributed by atoms with Crippen molar-refractivity contribution in [2.45, 2.75) is 238 Å². The second-order valence-corrected chi connectivity index (χ2v) is 17.0. The Morgan fingerprint density at radius 1 is 0.500 bits per heavy atom. The molecule has 0 aliphatic heterocycles. The zero-order valence-electron chi connectivity index (χ0n) is 40.2. The molecule has 0 spiro atoms. The summed E-state index contributed by atoms with van der Waals surface area (Å²) in [7, 11) is 0. The molecule has 0 saturated heterocycles. The van der Waals surface area contributed by atoms with Crippen molar-refractivity contribution in [2.75, 3.05) is 6.61 Å². The van der Waals surface area contributed by atoms with E-state index in [1.165, 1.54) is 89.9 Å². The highest BCUT2D eigenvalue weighted by molar-refractivity contribution is 5.77. The van der Waals surface area contributed by atoms with Crippen LogP contribution in [-0.4, -0.2) is 46.9 Å². The summed E-state index contributed by atoms with van der Waals surface area (Å²) in [6, 6.07) is -0.729. The number of rotatable bonds is 44. The molecule has 3 unspecified atom stereocenters. The molecule has 0 fully saturated rings. The highest BCUT2D eigenvalue weighted by atomic mass is 16.5. The second kappa shape index (κ2) is 48.8. The first-order chi connectivity index (χ1) is 30.5. The van der Waals surface area contributed by atoms with Gasteiger partial charge in [0, 0.05) is 6.42 Å². The van der Waals surface area contributed by atoms with Crippen LogP contribution in [0.1, 0.15) is 220 Å². The van der Waals surface area contributed by atoms with Gasteiger partial charge in [-0.05, 0) is 77.0 Å². The highest BCUT2D eigenvalue weighted by Crippen LogP contribution is 2.17. The number of aliphatic hydroxyl groups is 2. The van der Waals surface area contributed by atoms with E-state index in [1.807, 2.05) is 54.7 Å². The molecule has 3 atom stereocenters. The van der Waals surface area contributed by atoms with E-state index >= 15 is 0 Å². The lowest BCUT2D eigenvalue weighted by Gasteiger charge is -2.24. The Hall–Kier alpha value is -3.22. The molecule has 0 rings (SSSR count). The Morgan fingerprint density at radius 3 is 1.48 bits per heavy atom. The molecule has 0 radical (unpaired) electrons. The molecule has 0 aromatic heterocycles. The van der Waals surface area contributed by atoms with Gasteiger partial charge in [-0.15, -0.1) is 0 Å². The van der Waals surface area contributed by atoms with E-state index in [1.54, 1.807) is 0 Å². The molecule has 6 nitrogen and oxygen atoms in total. The number of ether oxygens (including phenoxy) is 1. The largest absolute Gasteiger partial charge is 0.462 e. The molecule has 0 aliphatic rings. The summed E-state index contributed by atoms with van der Waals surface area (Å²) in [4.78, 5) is 26.1. The summed E-state index contributed by atoms with van der Waals surface area (Å²) in [5, 5.41) is 23.7. The summed E-state index contributed by atoms with van der Waals surface area (Å²) in [5.74, 6) is -0.591. The molecule has 1 amide bonds. The molecule has 3 N–H and O–H groups in total. The van der Waals surface area contributed by atoms with Gasteiger partial charge in [0.05, 0.1) is 25.2 Å². The van der Waals surface area contributed by atoms with Crippen molar-refractivity contribution in [1.82, 2.24) is 5.32 Å². The number of esters is 1. The van der Waals surface area contributed by atoms with Gasteiger partial charge in [0.2, 0.25) is 5.91 Å². The van der Waals surface area contributed by atoms with Crippen molar-refractivity contribution in [3.8, 4) is 0 Å². The normalized spacial score (nSPS) is 14.1. The van der Waals surface area contributed by atoms with Crippen LogP contribution >= 0.6 is 0 Å². The monoisotopic (exact) mass is 862 g/mol. The third-order valence-corrected chi connectivity index (χ3v) is 11.0. The fraction of sp³-hybridized carbons (Fsp3) is 0.679. The molecule has 62 heavy (non-hydrogen) atoms. The van der Waals surface area contributed by atoms with E-state index in [4.69, 9.17) is 4.74 Å². The zero-order chi connectivity index (χ0) is 45.2. The Kier molecular flexibility index (Phi) is 46.3. The van der Waals surface area contributed by atoms with E-state index < -0.39 is 18.2 Å². The van der Waals surface area contributed by atoms with Crippen LogP contribution in [0.25, 0.3) is 0 Å². The van der Waals surface area contributed by atoms with Gasteiger partial charge in [0.15, 0.2) is 0 Å². The standard InChI is InChI=1S/C56H95NO5/c1-4-7-10-13-16-19-22-25-26-27-28-31-32-35-38-41-44-47-52(62-56(61)49-46-43-40-37-34-30-24-21-18-15-12-9-6-3)50-55(60)57-53(51-58)54(59)48-45-42-39-36-33-29-23-20-17-14-11-8-5-2/h9,12,15-16,18-19,21,24-26,28,30-31,34,37,40,52-54,58-59H,4-8,10-11,13-14,17,20,22-23,27,29,32-33,35-36,38-39,41-51H2,1-3H3,(H,57,60)/b12-9+,18-15+,19-16-,24-21-,26-25-,31-28-,34-30-,40-37+. The van der Waals surface area contributed by atoms with Crippen molar-refractivity contribution in [3.05, 3.63) is 97.2 Å². The molecule has 0 aromatic carbocycles. The summed E-state index contributed by atoms with van der Waals surface area (Å²) in [6.45, 7) is 6.28. The third kappa shape index (κ3) is 43.4. The molecule has 0 aliphatic carbocycles. The molecule has 0 aromatic rings. The smallest absolute Gasteiger partial charge is 0.306 e. The Morgan fingerprint density at radius 2 is 0.935 bits per heavy atom. The number of nitrogens with one attached hydrogen (secondary N) is 1. The molecule has 6 heteroatoms. The maximum Gasteiger partial charge on any atom is 0.306 e. The first-order valence-electron chi connectivity index (χ1n) is 25.5. The molecule has 0 heterocycles. The van der Waals surface area contributed by atoms with Crippen LogP contribution in [0.3, 0.4) is 0 Å². The molecule has 354 valence electrons. The third-order valence-electron chi connectivity index (χ3n) is 11.0.